The van der Waals surface area contributed by atoms with Crippen molar-refractivity contribution in [3.05, 3.63) is 58.2 Å². The molecule has 2 aromatic rings. The minimum atomic E-state index is -0.252. The third-order valence-electron chi connectivity index (χ3n) is 2.42. The van der Waals surface area contributed by atoms with Gasteiger partial charge in [-0.05, 0) is 36.2 Å². The molecule has 1 aromatic heterocycles. The Kier molecular flexibility index (Phi) is 3.41. The zero-order chi connectivity index (χ0) is 11.5. The van der Waals surface area contributed by atoms with Crippen LogP contribution in [0.1, 0.15) is 17.2 Å². The van der Waals surface area contributed by atoms with Crippen molar-refractivity contribution in [3.8, 4) is 0 Å². The Labute approximate surface area is 101 Å². The Hall–Kier alpha value is -1.13. The summed E-state index contributed by atoms with van der Waals surface area (Å²) in [6.07, 6.45) is 3.76. The Balaban J connectivity index is 2.17. The summed E-state index contributed by atoms with van der Waals surface area (Å²) in [6.45, 7) is 0. The van der Waals surface area contributed by atoms with E-state index in [0.29, 0.717) is 6.42 Å². The van der Waals surface area contributed by atoms with Crippen molar-refractivity contribution in [2.45, 2.75) is 12.5 Å². The summed E-state index contributed by atoms with van der Waals surface area (Å²) >= 11 is 3.38. The van der Waals surface area contributed by atoms with Crippen LogP contribution in [-0.2, 0) is 6.42 Å². The molecule has 0 fully saturated rings. The number of halogens is 2. The third kappa shape index (κ3) is 2.51. The van der Waals surface area contributed by atoms with Crippen LogP contribution in [-0.4, -0.2) is 0 Å². The van der Waals surface area contributed by atoms with Crippen LogP contribution in [0.25, 0.3) is 0 Å². The van der Waals surface area contributed by atoms with Crippen molar-refractivity contribution in [1.29, 1.82) is 0 Å². The largest absolute Gasteiger partial charge is 0.472 e. The fraction of sp³-hybridized carbons (Fsp3) is 0.167. The number of hydrogen-bond donors (Lipinski definition) is 1. The van der Waals surface area contributed by atoms with Gasteiger partial charge in [0, 0.05) is 16.1 Å². The van der Waals surface area contributed by atoms with Gasteiger partial charge in [-0.3, -0.25) is 0 Å². The molecule has 2 N–H and O–H groups in total. The maximum absolute atomic E-state index is 13.1. The number of hydrogen-bond acceptors (Lipinski definition) is 2. The van der Waals surface area contributed by atoms with Crippen LogP contribution in [0.4, 0.5) is 4.39 Å². The van der Waals surface area contributed by atoms with E-state index in [9.17, 15) is 4.39 Å². The predicted molar refractivity (Wildman–Crippen MR) is 63.4 cm³/mol. The molecule has 0 radical (unpaired) electrons. The lowest BCUT2D eigenvalue weighted by Crippen LogP contribution is -2.12. The Morgan fingerprint density at radius 3 is 2.88 bits per heavy atom. The minimum Gasteiger partial charge on any atom is -0.472 e. The number of furan rings is 1. The number of benzene rings is 1. The molecule has 2 rings (SSSR count). The number of nitrogens with two attached hydrogens (primary N) is 1. The Morgan fingerprint density at radius 1 is 1.38 bits per heavy atom. The van der Waals surface area contributed by atoms with Gasteiger partial charge in [-0.15, -0.1) is 0 Å². The van der Waals surface area contributed by atoms with E-state index in [-0.39, 0.29) is 11.9 Å². The standard InChI is InChI=1S/C12H11BrFNO/c13-11-2-1-10(14)5-9(11)6-12(15)8-3-4-16-7-8/h1-5,7,12H,6,15H2. The van der Waals surface area contributed by atoms with Crippen molar-refractivity contribution < 1.29 is 8.81 Å². The predicted octanol–water partition coefficient (Wildman–Crippen LogP) is 3.42. The van der Waals surface area contributed by atoms with E-state index in [0.717, 1.165) is 15.6 Å². The van der Waals surface area contributed by atoms with Crippen LogP contribution < -0.4 is 5.73 Å². The van der Waals surface area contributed by atoms with Crippen LogP contribution in [0.2, 0.25) is 0 Å². The molecule has 1 aromatic carbocycles. The Morgan fingerprint density at radius 2 is 2.19 bits per heavy atom. The molecule has 2 nitrogen and oxygen atoms in total. The first kappa shape index (κ1) is 11.4. The molecule has 0 saturated heterocycles. The number of rotatable bonds is 3. The molecule has 0 aliphatic rings. The summed E-state index contributed by atoms with van der Waals surface area (Å²) in [5, 5.41) is 0. The average molecular weight is 284 g/mol. The first-order valence-electron chi connectivity index (χ1n) is 4.88. The van der Waals surface area contributed by atoms with E-state index in [4.69, 9.17) is 10.2 Å². The lowest BCUT2D eigenvalue weighted by Gasteiger charge is -2.10. The van der Waals surface area contributed by atoms with Gasteiger partial charge in [-0.1, -0.05) is 15.9 Å². The highest BCUT2D eigenvalue weighted by atomic mass is 79.9. The fourth-order valence-corrected chi connectivity index (χ4v) is 1.95. The highest BCUT2D eigenvalue weighted by Crippen LogP contribution is 2.23. The third-order valence-corrected chi connectivity index (χ3v) is 3.19. The second-order valence-electron chi connectivity index (χ2n) is 3.60. The minimum absolute atomic E-state index is 0.183. The first-order valence-corrected chi connectivity index (χ1v) is 5.67. The normalized spacial score (nSPS) is 12.7. The van der Waals surface area contributed by atoms with Crippen LogP contribution in [0.15, 0.2) is 45.7 Å². The molecule has 84 valence electrons. The van der Waals surface area contributed by atoms with Crippen LogP contribution >= 0.6 is 15.9 Å². The van der Waals surface area contributed by atoms with Gasteiger partial charge in [0.1, 0.15) is 5.82 Å². The summed E-state index contributed by atoms with van der Waals surface area (Å²) in [7, 11) is 0. The molecule has 0 aliphatic heterocycles. The summed E-state index contributed by atoms with van der Waals surface area (Å²) in [6, 6.07) is 6.22. The van der Waals surface area contributed by atoms with Gasteiger partial charge in [-0.2, -0.15) is 0 Å². The molecule has 0 bridgehead atoms. The lowest BCUT2D eigenvalue weighted by molar-refractivity contribution is 0.558. The first-order chi connectivity index (χ1) is 7.66. The molecule has 0 aliphatic carbocycles. The summed E-state index contributed by atoms with van der Waals surface area (Å²) in [4.78, 5) is 0. The summed E-state index contributed by atoms with van der Waals surface area (Å²) < 4.78 is 18.9. The van der Waals surface area contributed by atoms with Gasteiger partial charge in [0.15, 0.2) is 0 Å². The average Bonchev–Trinajstić information content (AvgIpc) is 2.76. The van der Waals surface area contributed by atoms with Crippen molar-refractivity contribution in [2.75, 3.05) is 0 Å². The SMILES string of the molecule is NC(Cc1cc(F)ccc1Br)c1ccoc1. The van der Waals surface area contributed by atoms with E-state index in [1.165, 1.54) is 12.1 Å². The topological polar surface area (TPSA) is 39.2 Å². The smallest absolute Gasteiger partial charge is 0.123 e. The van der Waals surface area contributed by atoms with Crippen LogP contribution in [0.5, 0.6) is 0 Å². The molecule has 4 heteroatoms. The second kappa shape index (κ2) is 4.80. The maximum Gasteiger partial charge on any atom is 0.123 e. The molecule has 0 amide bonds. The molecule has 0 spiro atoms. The fourth-order valence-electron chi connectivity index (χ4n) is 1.54. The Bertz CT molecular complexity index is 470. The molecular formula is C12H11BrFNO. The molecule has 1 heterocycles. The van der Waals surface area contributed by atoms with Gasteiger partial charge in [-0.25, -0.2) is 4.39 Å². The van der Waals surface area contributed by atoms with Crippen LogP contribution in [0.3, 0.4) is 0 Å². The van der Waals surface area contributed by atoms with Crippen molar-refractivity contribution in [2.24, 2.45) is 5.73 Å². The summed E-state index contributed by atoms with van der Waals surface area (Å²) in [5.74, 6) is -0.252. The van der Waals surface area contributed by atoms with Gasteiger partial charge in [0.2, 0.25) is 0 Å². The highest BCUT2D eigenvalue weighted by molar-refractivity contribution is 9.10. The molecule has 1 unspecified atom stereocenters. The molecule has 1 atom stereocenters. The van der Waals surface area contributed by atoms with E-state index in [1.54, 1.807) is 18.6 Å². The molecular weight excluding hydrogens is 273 g/mol. The maximum atomic E-state index is 13.1. The quantitative estimate of drug-likeness (QED) is 0.938. The highest BCUT2D eigenvalue weighted by Gasteiger charge is 2.11. The lowest BCUT2D eigenvalue weighted by atomic mass is 10.0. The summed E-state index contributed by atoms with van der Waals surface area (Å²) in [5.41, 5.74) is 7.76. The van der Waals surface area contributed by atoms with E-state index in [1.807, 2.05) is 6.07 Å². The van der Waals surface area contributed by atoms with Gasteiger partial charge < -0.3 is 10.2 Å². The van der Waals surface area contributed by atoms with Gasteiger partial charge in [0.25, 0.3) is 0 Å². The van der Waals surface area contributed by atoms with Crippen molar-refractivity contribution in [1.82, 2.24) is 0 Å². The zero-order valence-electron chi connectivity index (χ0n) is 8.49. The van der Waals surface area contributed by atoms with Crippen molar-refractivity contribution >= 4 is 15.9 Å². The monoisotopic (exact) mass is 283 g/mol. The second-order valence-corrected chi connectivity index (χ2v) is 4.46. The van der Waals surface area contributed by atoms with E-state index < -0.39 is 0 Å². The van der Waals surface area contributed by atoms with E-state index in [2.05, 4.69) is 15.9 Å². The van der Waals surface area contributed by atoms with Crippen molar-refractivity contribution in [3.63, 3.8) is 0 Å². The van der Waals surface area contributed by atoms with Gasteiger partial charge >= 0.3 is 0 Å². The molecule has 0 saturated carbocycles. The zero-order valence-corrected chi connectivity index (χ0v) is 10.1. The van der Waals surface area contributed by atoms with E-state index >= 15 is 0 Å². The molecule has 16 heavy (non-hydrogen) atoms. The van der Waals surface area contributed by atoms with Crippen LogP contribution in [0, 0.1) is 5.82 Å². The van der Waals surface area contributed by atoms with Gasteiger partial charge in [0.05, 0.1) is 12.5 Å².